The van der Waals surface area contributed by atoms with Crippen molar-refractivity contribution in [3.05, 3.63) is 23.3 Å². The van der Waals surface area contributed by atoms with Gasteiger partial charge in [-0.2, -0.15) is 5.26 Å². The maximum atomic E-state index is 12.2. The normalized spacial score (nSPS) is 16.7. The lowest BCUT2D eigenvalue weighted by molar-refractivity contribution is 0.0344. The van der Waals surface area contributed by atoms with Gasteiger partial charge in [0.05, 0.1) is 5.56 Å². The van der Waals surface area contributed by atoms with E-state index in [0.29, 0.717) is 23.8 Å². The van der Waals surface area contributed by atoms with Gasteiger partial charge in [0.2, 0.25) is 0 Å². The van der Waals surface area contributed by atoms with Crippen LogP contribution in [0.3, 0.4) is 0 Å². The highest BCUT2D eigenvalue weighted by Gasteiger charge is 2.36. The number of ether oxygens (including phenoxy) is 1. The molecule has 1 N–H and O–H groups in total. The van der Waals surface area contributed by atoms with Crippen LogP contribution < -0.4 is 10.8 Å². The number of amides is 1. The third kappa shape index (κ3) is 4.32. The maximum Gasteiger partial charge on any atom is 0.494 e. The Hall–Kier alpha value is -2.08. The van der Waals surface area contributed by atoms with Gasteiger partial charge in [0, 0.05) is 28.7 Å². The first-order valence-electron chi connectivity index (χ1n) is 9.20. The fourth-order valence-corrected chi connectivity index (χ4v) is 4.16. The molecule has 2 heterocycles. The average Bonchev–Trinajstić information content (AvgIpc) is 2.93. The van der Waals surface area contributed by atoms with Gasteiger partial charge in [0.25, 0.3) is 0 Å². The van der Waals surface area contributed by atoms with Crippen molar-refractivity contribution < 1.29 is 18.8 Å². The average molecular weight is 400 g/mol. The highest BCUT2D eigenvalue weighted by molar-refractivity contribution is 7.23. The summed E-state index contributed by atoms with van der Waals surface area (Å²) in [6.45, 7) is 12.7. The Bertz CT molecular complexity index is 946. The number of rotatable bonds is 2. The number of anilines is 1. The van der Waals surface area contributed by atoms with E-state index in [9.17, 15) is 10.1 Å². The van der Waals surface area contributed by atoms with Crippen LogP contribution >= 0.6 is 11.3 Å². The number of nitrogens with one attached hydrogen (secondary N) is 1. The number of nitrogens with zero attached hydrogens (tertiary/aromatic N) is 1. The monoisotopic (exact) mass is 400 g/mol. The second-order valence-corrected chi connectivity index (χ2v) is 9.86. The number of benzene rings is 1. The van der Waals surface area contributed by atoms with Crippen LogP contribution in [-0.4, -0.2) is 32.0 Å². The first kappa shape index (κ1) is 20.7. The standard InChI is InChI=1S/C20H25BN2O4S/c1-12-7-8-14(21-25-10-20(5,6)11-26-21)15-13(9-22)17(28-16(12)15)23-18(24)27-19(2,3)4/h7-8H,10-11H2,1-6H3,(H,23,24). The van der Waals surface area contributed by atoms with E-state index in [2.05, 4.69) is 25.2 Å². The summed E-state index contributed by atoms with van der Waals surface area (Å²) in [6.07, 6.45) is -0.582. The first-order valence-corrected chi connectivity index (χ1v) is 10.0. The molecule has 6 nitrogen and oxygen atoms in total. The molecule has 0 aliphatic carbocycles. The van der Waals surface area contributed by atoms with Crippen molar-refractivity contribution in [2.75, 3.05) is 18.5 Å². The zero-order valence-electron chi connectivity index (χ0n) is 17.1. The van der Waals surface area contributed by atoms with Crippen molar-refractivity contribution >= 4 is 45.1 Å². The molecule has 28 heavy (non-hydrogen) atoms. The van der Waals surface area contributed by atoms with Gasteiger partial charge < -0.3 is 14.0 Å². The fraction of sp³-hybridized carbons (Fsp3) is 0.500. The van der Waals surface area contributed by atoms with Crippen LogP contribution in [0.25, 0.3) is 10.1 Å². The second-order valence-electron chi connectivity index (χ2n) is 8.84. The van der Waals surface area contributed by atoms with Crippen molar-refractivity contribution in [2.45, 2.75) is 47.1 Å². The van der Waals surface area contributed by atoms with E-state index in [-0.39, 0.29) is 5.41 Å². The predicted octanol–water partition coefficient (Wildman–Crippen LogP) is 4.20. The Morgan fingerprint density at radius 3 is 2.54 bits per heavy atom. The number of thiophene rings is 1. The van der Waals surface area contributed by atoms with Crippen molar-refractivity contribution in [1.29, 1.82) is 5.26 Å². The second kappa shape index (κ2) is 7.39. The van der Waals surface area contributed by atoms with Gasteiger partial charge in [-0.3, -0.25) is 5.32 Å². The SMILES string of the molecule is Cc1ccc(B2OCC(C)(C)CO2)c2c(C#N)c(NC(=O)OC(C)(C)C)sc12. The molecule has 1 saturated heterocycles. The van der Waals surface area contributed by atoms with Gasteiger partial charge in [0.1, 0.15) is 16.7 Å². The van der Waals surface area contributed by atoms with E-state index in [1.54, 1.807) is 20.8 Å². The molecule has 0 spiro atoms. The summed E-state index contributed by atoms with van der Waals surface area (Å²) in [4.78, 5) is 12.2. The highest BCUT2D eigenvalue weighted by atomic mass is 32.1. The van der Waals surface area contributed by atoms with Crippen LogP contribution in [0.1, 0.15) is 45.7 Å². The summed E-state index contributed by atoms with van der Waals surface area (Å²) in [5, 5.41) is 13.8. The van der Waals surface area contributed by atoms with Gasteiger partial charge in [-0.1, -0.05) is 26.0 Å². The molecule has 1 fully saturated rings. The molecule has 2 aromatic rings. The number of hydrogen-bond acceptors (Lipinski definition) is 6. The van der Waals surface area contributed by atoms with E-state index >= 15 is 0 Å². The van der Waals surface area contributed by atoms with E-state index in [4.69, 9.17) is 14.0 Å². The van der Waals surface area contributed by atoms with E-state index < -0.39 is 18.8 Å². The zero-order chi connectivity index (χ0) is 20.7. The van der Waals surface area contributed by atoms with Crippen molar-refractivity contribution in [1.82, 2.24) is 0 Å². The molecule has 0 bridgehead atoms. The van der Waals surface area contributed by atoms with Gasteiger partial charge in [0.15, 0.2) is 0 Å². The molecule has 148 valence electrons. The summed E-state index contributed by atoms with van der Waals surface area (Å²) in [6, 6.07) is 6.16. The van der Waals surface area contributed by atoms with Crippen molar-refractivity contribution in [3.8, 4) is 6.07 Å². The first-order chi connectivity index (χ1) is 13.0. The quantitative estimate of drug-likeness (QED) is 0.765. The van der Waals surface area contributed by atoms with Crippen LogP contribution in [0.4, 0.5) is 9.80 Å². The molecule has 1 aromatic carbocycles. The summed E-state index contributed by atoms with van der Waals surface area (Å²) in [5.41, 5.74) is 1.57. The lowest BCUT2D eigenvalue weighted by atomic mass is 9.73. The Morgan fingerprint density at radius 2 is 1.96 bits per heavy atom. The van der Waals surface area contributed by atoms with Gasteiger partial charge >= 0.3 is 13.2 Å². The fourth-order valence-electron chi connectivity index (χ4n) is 3.02. The van der Waals surface area contributed by atoms with Crippen molar-refractivity contribution in [3.63, 3.8) is 0 Å². The number of aryl methyl sites for hydroxylation is 1. The number of carbonyl (C=O) groups is 1. The summed E-state index contributed by atoms with van der Waals surface area (Å²) < 4.78 is 18.2. The Labute approximate surface area is 169 Å². The largest absolute Gasteiger partial charge is 0.494 e. The van der Waals surface area contributed by atoms with E-state index in [1.165, 1.54) is 11.3 Å². The minimum Gasteiger partial charge on any atom is -0.444 e. The molecule has 0 radical (unpaired) electrons. The molecule has 1 aromatic heterocycles. The summed E-state index contributed by atoms with van der Waals surface area (Å²) in [5.74, 6) is 0. The lowest BCUT2D eigenvalue weighted by Crippen LogP contribution is -2.47. The Balaban J connectivity index is 2.01. The molecular formula is C20H25BN2O4S. The molecule has 1 aliphatic heterocycles. The number of fused-ring (bicyclic) bond motifs is 1. The molecule has 0 unspecified atom stereocenters. The molecule has 0 saturated carbocycles. The van der Waals surface area contributed by atoms with Crippen LogP contribution in [-0.2, 0) is 14.0 Å². The van der Waals surface area contributed by atoms with Crippen LogP contribution in [0.5, 0.6) is 0 Å². The van der Waals surface area contributed by atoms with E-state index in [0.717, 1.165) is 21.1 Å². The zero-order valence-corrected chi connectivity index (χ0v) is 18.0. The molecule has 8 heteroatoms. The third-order valence-electron chi connectivity index (χ3n) is 4.30. The topological polar surface area (TPSA) is 80.6 Å². The van der Waals surface area contributed by atoms with Gasteiger partial charge in [-0.15, -0.1) is 11.3 Å². The van der Waals surface area contributed by atoms with Crippen molar-refractivity contribution in [2.24, 2.45) is 5.41 Å². The molecular weight excluding hydrogens is 375 g/mol. The number of nitriles is 1. The van der Waals surface area contributed by atoms with Gasteiger partial charge in [-0.25, -0.2) is 4.79 Å². The van der Waals surface area contributed by atoms with E-state index in [1.807, 2.05) is 19.1 Å². The number of carbonyl (C=O) groups excluding carboxylic acids is 1. The van der Waals surface area contributed by atoms with Crippen LogP contribution in [0.15, 0.2) is 12.1 Å². The van der Waals surface area contributed by atoms with Crippen LogP contribution in [0.2, 0.25) is 0 Å². The molecule has 0 atom stereocenters. The number of hydrogen-bond donors (Lipinski definition) is 1. The van der Waals surface area contributed by atoms with Crippen LogP contribution in [0, 0.1) is 23.7 Å². The third-order valence-corrected chi connectivity index (χ3v) is 5.54. The summed E-state index contributed by atoms with van der Waals surface area (Å²) >= 11 is 1.36. The minimum absolute atomic E-state index is 0.0452. The van der Waals surface area contributed by atoms with Gasteiger partial charge in [-0.05, 0) is 38.7 Å². The maximum absolute atomic E-state index is 12.2. The highest BCUT2D eigenvalue weighted by Crippen LogP contribution is 2.37. The Kier molecular flexibility index (Phi) is 5.45. The lowest BCUT2D eigenvalue weighted by Gasteiger charge is -2.33. The smallest absolute Gasteiger partial charge is 0.444 e. The predicted molar refractivity (Wildman–Crippen MR) is 112 cm³/mol. The Morgan fingerprint density at radius 1 is 1.32 bits per heavy atom. The molecule has 3 rings (SSSR count). The summed E-state index contributed by atoms with van der Waals surface area (Å²) in [7, 11) is -0.535. The molecule has 1 amide bonds. The minimum atomic E-state index is -0.620. The molecule has 1 aliphatic rings.